The second-order valence-corrected chi connectivity index (χ2v) is 4.75. The van der Waals surface area contributed by atoms with Crippen LogP contribution in [0.2, 0.25) is 0 Å². The zero-order valence-corrected chi connectivity index (χ0v) is 11.4. The van der Waals surface area contributed by atoms with Crippen molar-refractivity contribution in [2.45, 2.75) is 26.4 Å². The Bertz CT molecular complexity index is 491. The maximum Gasteiger partial charge on any atom is 0.119 e. The molecule has 0 saturated carbocycles. The largest absolute Gasteiger partial charge is 0.491 e. The van der Waals surface area contributed by atoms with E-state index in [4.69, 9.17) is 16.3 Å². The molecule has 0 bridgehead atoms. The molecule has 0 aliphatic carbocycles. The van der Waals surface area contributed by atoms with Crippen molar-refractivity contribution in [3.05, 3.63) is 36.3 Å². The number of halogens is 1. The van der Waals surface area contributed by atoms with Crippen LogP contribution < -0.4 is 4.74 Å². The molecule has 4 heteroatoms. The van der Waals surface area contributed by atoms with Crippen molar-refractivity contribution in [1.29, 1.82) is 0 Å². The van der Waals surface area contributed by atoms with E-state index in [2.05, 4.69) is 9.97 Å². The van der Waals surface area contributed by atoms with E-state index >= 15 is 0 Å². The molecule has 2 rings (SSSR count). The van der Waals surface area contributed by atoms with Gasteiger partial charge in [0.1, 0.15) is 11.6 Å². The summed E-state index contributed by atoms with van der Waals surface area (Å²) < 4.78 is 5.61. The second kappa shape index (κ2) is 5.91. The highest BCUT2D eigenvalue weighted by Crippen LogP contribution is 2.21. The number of alkyl halides is 1. The summed E-state index contributed by atoms with van der Waals surface area (Å²) in [5, 5.41) is 0. The molecule has 0 spiro atoms. The van der Waals surface area contributed by atoms with Gasteiger partial charge in [0.25, 0.3) is 0 Å². The van der Waals surface area contributed by atoms with Gasteiger partial charge >= 0.3 is 0 Å². The fourth-order valence-electron chi connectivity index (χ4n) is 1.71. The Balaban J connectivity index is 2.12. The number of aromatic amines is 1. The van der Waals surface area contributed by atoms with Crippen LogP contribution >= 0.6 is 11.6 Å². The average Bonchev–Trinajstić information content (AvgIpc) is 2.78. The number of hydrogen-bond acceptors (Lipinski definition) is 2. The Hall–Kier alpha value is -1.48. The molecule has 2 aromatic rings. The summed E-state index contributed by atoms with van der Waals surface area (Å²) in [6.45, 7) is 4.03. The van der Waals surface area contributed by atoms with Crippen LogP contribution in [0.15, 0.2) is 30.5 Å². The van der Waals surface area contributed by atoms with Gasteiger partial charge in [-0.1, -0.05) is 0 Å². The van der Waals surface area contributed by atoms with Gasteiger partial charge in [-0.15, -0.1) is 11.6 Å². The van der Waals surface area contributed by atoms with Crippen molar-refractivity contribution in [1.82, 2.24) is 9.97 Å². The molecule has 1 N–H and O–H groups in total. The Morgan fingerprint density at radius 3 is 2.61 bits per heavy atom. The topological polar surface area (TPSA) is 37.9 Å². The monoisotopic (exact) mass is 264 g/mol. The molecule has 1 aromatic carbocycles. The van der Waals surface area contributed by atoms with E-state index < -0.39 is 0 Å². The Morgan fingerprint density at radius 1 is 1.28 bits per heavy atom. The van der Waals surface area contributed by atoms with Crippen LogP contribution in [0.3, 0.4) is 0 Å². The van der Waals surface area contributed by atoms with Crippen LogP contribution in [0.5, 0.6) is 5.75 Å². The van der Waals surface area contributed by atoms with E-state index in [0.717, 1.165) is 29.3 Å². The lowest BCUT2D eigenvalue weighted by molar-refractivity contribution is 0.242. The number of aryl methyl sites for hydroxylation is 1. The lowest BCUT2D eigenvalue weighted by Crippen LogP contribution is -2.05. The van der Waals surface area contributed by atoms with Crippen molar-refractivity contribution in [3.8, 4) is 17.0 Å². The number of H-pyrrole nitrogens is 1. The van der Waals surface area contributed by atoms with Gasteiger partial charge in [-0.05, 0) is 43.7 Å². The first-order valence-corrected chi connectivity index (χ1v) is 6.59. The van der Waals surface area contributed by atoms with E-state index in [-0.39, 0.29) is 6.10 Å². The van der Waals surface area contributed by atoms with Crippen LogP contribution in [0.4, 0.5) is 0 Å². The standard InChI is InChI=1S/C14H17ClN2O/c1-10(2)18-12-5-3-11(4-6-12)13-9-16-14(17-13)7-8-15/h3-6,9-10H,7-8H2,1-2H3,(H,16,17). The van der Waals surface area contributed by atoms with E-state index in [1.807, 2.05) is 44.3 Å². The number of imidazole rings is 1. The molecular weight excluding hydrogens is 248 g/mol. The quantitative estimate of drug-likeness (QED) is 0.837. The summed E-state index contributed by atoms with van der Waals surface area (Å²) in [4.78, 5) is 7.54. The first-order valence-electron chi connectivity index (χ1n) is 6.06. The Kier molecular flexibility index (Phi) is 4.26. The van der Waals surface area contributed by atoms with Gasteiger partial charge in [0.15, 0.2) is 0 Å². The second-order valence-electron chi connectivity index (χ2n) is 4.37. The summed E-state index contributed by atoms with van der Waals surface area (Å²) in [5.41, 5.74) is 2.10. The van der Waals surface area contributed by atoms with Gasteiger partial charge in [0.2, 0.25) is 0 Å². The third kappa shape index (κ3) is 3.26. The summed E-state index contributed by atoms with van der Waals surface area (Å²) in [7, 11) is 0. The lowest BCUT2D eigenvalue weighted by atomic mass is 10.1. The number of ether oxygens (including phenoxy) is 1. The number of benzene rings is 1. The van der Waals surface area contributed by atoms with E-state index in [1.54, 1.807) is 0 Å². The number of nitrogens with zero attached hydrogens (tertiary/aromatic N) is 1. The molecule has 0 amide bonds. The summed E-state index contributed by atoms with van der Waals surface area (Å²) >= 11 is 5.68. The predicted molar refractivity (Wildman–Crippen MR) is 74.2 cm³/mol. The highest BCUT2D eigenvalue weighted by molar-refractivity contribution is 6.17. The minimum Gasteiger partial charge on any atom is -0.491 e. The number of aromatic nitrogens is 2. The van der Waals surface area contributed by atoms with Crippen LogP contribution in [-0.2, 0) is 6.42 Å². The molecule has 0 fully saturated rings. The first-order chi connectivity index (χ1) is 8.69. The normalized spacial score (nSPS) is 10.9. The zero-order chi connectivity index (χ0) is 13.0. The van der Waals surface area contributed by atoms with Crippen LogP contribution in [0.25, 0.3) is 11.3 Å². The van der Waals surface area contributed by atoms with Crippen molar-refractivity contribution in [2.75, 3.05) is 5.88 Å². The number of hydrogen-bond donors (Lipinski definition) is 1. The van der Waals surface area contributed by atoms with Crippen LogP contribution in [0, 0.1) is 0 Å². The summed E-state index contributed by atoms with van der Waals surface area (Å²) in [6.07, 6.45) is 2.79. The third-order valence-electron chi connectivity index (χ3n) is 2.50. The third-order valence-corrected chi connectivity index (χ3v) is 2.69. The van der Waals surface area contributed by atoms with Gasteiger partial charge in [0, 0.05) is 12.3 Å². The minimum atomic E-state index is 0.193. The van der Waals surface area contributed by atoms with E-state index in [0.29, 0.717) is 5.88 Å². The first kappa shape index (κ1) is 13.0. The number of nitrogens with one attached hydrogen (secondary N) is 1. The Labute approximate surface area is 112 Å². The molecule has 0 saturated heterocycles. The van der Waals surface area contributed by atoms with E-state index in [1.165, 1.54) is 0 Å². The average molecular weight is 265 g/mol. The molecule has 0 unspecified atom stereocenters. The molecule has 0 aliphatic rings. The molecule has 1 aromatic heterocycles. The van der Waals surface area contributed by atoms with Crippen LogP contribution in [0.1, 0.15) is 19.7 Å². The molecule has 0 radical (unpaired) electrons. The molecular formula is C14H17ClN2O. The Morgan fingerprint density at radius 2 is 2.00 bits per heavy atom. The predicted octanol–water partition coefficient (Wildman–Crippen LogP) is 3.65. The van der Waals surface area contributed by atoms with Gasteiger partial charge in [0.05, 0.1) is 18.0 Å². The van der Waals surface area contributed by atoms with Crippen molar-refractivity contribution in [2.24, 2.45) is 0 Å². The van der Waals surface area contributed by atoms with Crippen molar-refractivity contribution in [3.63, 3.8) is 0 Å². The maximum atomic E-state index is 5.68. The summed E-state index contributed by atoms with van der Waals surface area (Å²) in [6, 6.07) is 7.99. The highest BCUT2D eigenvalue weighted by atomic mass is 35.5. The molecule has 18 heavy (non-hydrogen) atoms. The molecule has 3 nitrogen and oxygen atoms in total. The SMILES string of the molecule is CC(C)Oc1ccc(-c2cnc(CCCl)[nH]2)cc1. The maximum absolute atomic E-state index is 5.68. The smallest absolute Gasteiger partial charge is 0.119 e. The zero-order valence-electron chi connectivity index (χ0n) is 10.6. The van der Waals surface area contributed by atoms with Gasteiger partial charge in [-0.25, -0.2) is 4.98 Å². The van der Waals surface area contributed by atoms with Gasteiger partial charge in [-0.2, -0.15) is 0 Å². The van der Waals surface area contributed by atoms with Gasteiger partial charge in [-0.3, -0.25) is 0 Å². The van der Waals surface area contributed by atoms with Crippen LogP contribution in [-0.4, -0.2) is 22.0 Å². The minimum absolute atomic E-state index is 0.193. The molecule has 0 aliphatic heterocycles. The fourth-order valence-corrected chi connectivity index (χ4v) is 1.89. The van der Waals surface area contributed by atoms with Crippen molar-refractivity contribution >= 4 is 11.6 Å². The molecule has 1 heterocycles. The van der Waals surface area contributed by atoms with Crippen molar-refractivity contribution < 1.29 is 4.74 Å². The molecule has 96 valence electrons. The fraction of sp³-hybridized carbons (Fsp3) is 0.357. The number of rotatable bonds is 5. The molecule has 0 atom stereocenters. The summed E-state index contributed by atoms with van der Waals surface area (Å²) in [5.74, 6) is 2.38. The van der Waals surface area contributed by atoms with E-state index in [9.17, 15) is 0 Å². The highest BCUT2D eigenvalue weighted by Gasteiger charge is 2.04. The lowest BCUT2D eigenvalue weighted by Gasteiger charge is -2.09. The van der Waals surface area contributed by atoms with Gasteiger partial charge < -0.3 is 9.72 Å².